The number of rotatable bonds is 6. The Hall–Kier alpha value is -2.62. The van der Waals surface area contributed by atoms with E-state index in [2.05, 4.69) is 5.32 Å². The predicted octanol–water partition coefficient (Wildman–Crippen LogP) is 3.30. The molecule has 1 atom stereocenters. The van der Waals surface area contributed by atoms with Crippen molar-refractivity contribution in [2.24, 2.45) is 5.92 Å². The number of carbonyl (C=O) groups excluding carboxylic acids is 2. The van der Waals surface area contributed by atoms with E-state index >= 15 is 0 Å². The average Bonchev–Trinajstić information content (AvgIpc) is 3.50. The first-order chi connectivity index (χ1) is 12.2. The minimum Gasteiger partial charge on any atom is -0.341 e. The quantitative estimate of drug-likeness (QED) is 0.823. The predicted molar refractivity (Wildman–Crippen MR) is 97.6 cm³/mol. The summed E-state index contributed by atoms with van der Waals surface area (Å²) >= 11 is 0. The van der Waals surface area contributed by atoms with Crippen LogP contribution >= 0.6 is 0 Å². The Morgan fingerprint density at radius 2 is 1.64 bits per heavy atom. The highest BCUT2D eigenvalue weighted by molar-refractivity contribution is 6.35. The first kappa shape index (κ1) is 17.2. The molecule has 2 amide bonds. The second-order valence-corrected chi connectivity index (χ2v) is 6.50. The maximum Gasteiger partial charge on any atom is 0.312 e. The fourth-order valence-electron chi connectivity index (χ4n) is 3.04. The van der Waals surface area contributed by atoms with Crippen molar-refractivity contribution in [2.75, 3.05) is 6.54 Å². The van der Waals surface area contributed by atoms with Crippen molar-refractivity contribution < 1.29 is 9.59 Å². The minimum absolute atomic E-state index is 0.0759. The highest BCUT2D eigenvalue weighted by Gasteiger charge is 2.35. The van der Waals surface area contributed by atoms with E-state index in [4.69, 9.17) is 0 Å². The normalized spacial score (nSPS) is 14.6. The molecule has 1 N–H and O–H groups in total. The number of benzene rings is 2. The summed E-state index contributed by atoms with van der Waals surface area (Å²) in [5, 5.41) is 2.97. The van der Waals surface area contributed by atoms with Crippen LogP contribution in [0.25, 0.3) is 0 Å². The maximum absolute atomic E-state index is 12.6. The Morgan fingerprint density at radius 3 is 2.20 bits per heavy atom. The second-order valence-electron chi connectivity index (χ2n) is 6.50. The van der Waals surface area contributed by atoms with Gasteiger partial charge in [-0.1, -0.05) is 60.7 Å². The summed E-state index contributed by atoms with van der Waals surface area (Å²) in [7, 11) is 0. The molecule has 1 saturated carbocycles. The number of likely N-dealkylation sites (N-methyl/N-ethyl adjacent to an activating group) is 1. The summed E-state index contributed by atoms with van der Waals surface area (Å²) in [6.45, 7) is 2.84. The van der Waals surface area contributed by atoms with Gasteiger partial charge in [-0.25, -0.2) is 0 Å². The van der Waals surface area contributed by atoms with E-state index in [1.54, 1.807) is 4.90 Å². The van der Waals surface area contributed by atoms with Crippen molar-refractivity contribution >= 4 is 11.8 Å². The Kier molecular flexibility index (Phi) is 5.49. The standard InChI is InChI=1S/C21H24N2O2/c1-2-23(15-16-9-5-3-6-10-16)21(25)20(24)22-19(18-13-14-18)17-11-7-4-8-12-17/h3-12,18-19H,2,13-15H2,1H3,(H,22,24)/t19-/m1/s1. The summed E-state index contributed by atoms with van der Waals surface area (Å²) in [6.07, 6.45) is 2.19. The molecule has 0 unspecified atom stereocenters. The minimum atomic E-state index is -0.515. The van der Waals surface area contributed by atoms with Gasteiger partial charge in [-0.15, -0.1) is 0 Å². The van der Waals surface area contributed by atoms with Crippen molar-refractivity contribution in [3.05, 3.63) is 71.8 Å². The number of hydrogen-bond donors (Lipinski definition) is 1. The molecule has 0 bridgehead atoms. The topological polar surface area (TPSA) is 49.4 Å². The summed E-state index contributed by atoms with van der Waals surface area (Å²) in [5.74, 6) is -0.546. The molecule has 0 aliphatic heterocycles. The lowest BCUT2D eigenvalue weighted by atomic mass is 10.0. The summed E-state index contributed by atoms with van der Waals surface area (Å²) in [5.41, 5.74) is 2.09. The van der Waals surface area contributed by atoms with E-state index in [1.165, 1.54) is 0 Å². The first-order valence-corrected chi connectivity index (χ1v) is 8.87. The molecule has 1 fully saturated rings. The maximum atomic E-state index is 12.6. The molecule has 25 heavy (non-hydrogen) atoms. The SMILES string of the molecule is CCN(Cc1ccccc1)C(=O)C(=O)N[C@H](c1ccccc1)C1CC1. The highest BCUT2D eigenvalue weighted by Crippen LogP contribution is 2.40. The average molecular weight is 336 g/mol. The van der Waals surface area contributed by atoms with Crippen LogP contribution in [-0.2, 0) is 16.1 Å². The van der Waals surface area contributed by atoms with Gasteiger partial charge in [0.2, 0.25) is 0 Å². The van der Waals surface area contributed by atoms with Gasteiger partial charge in [-0.3, -0.25) is 9.59 Å². The summed E-state index contributed by atoms with van der Waals surface area (Å²) in [6, 6.07) is 19.6. The fraction of sp³-hybridized carbons (Fsp3) is 0.333. The zero-order valence-corrected chi connectivity index (χ0v) is 14.5. The van der Waals surface area contributed by atoms with Crippen molar-refractivity contribution in [1.82, 2.24) is 10.2 Å². The van der Waals surface area contributed by atoms with Gasteiger partial charge < -0.3 is 10.2 Å². The number of nitrogens with zero attached hydrogens (tertiary/aromatic N) is 1. The molecule has 4 heteroatoms. The van der Waals surface area contributed by atoms with Crippen LogP contribution in [0.1, 0.15) is 36.9 Å². The molecule has 3 rings (SSSR count). The smallest absolute Gasteiger partial charge is 0.312 e. The van der Waals surface area contributed by atoms with E-state index in [0.29, 0.717) is 19.0 Å². The van der Waals surface area contributed by atoms with Gasteiger partial charge in [0.15, 0.2) is 0 Å². The third kappa shape index (κ3) is 4.47. The Balaban J connectivity index is 1.67. The Morgan fingerprint density at radius 1 is 1.04 bits per heavy atom. The Labute approximate surface area is 148 Å². The monoisotopic (exact) mass is 336 g/mol. The van der Waals surface area contributed by atoms with Crippen LogP contribution in [0.15, 0.2) is 60.7 Å². The van der Waals surface area contributed by atoms with Crippen molar-refractivity contribution in [1.29, 1.82) is 0 Å². The molecule has 0 spiro atoms. The lowest BCUT2D eigenvalue weighted by Gasteiger charge is -2.23. The van der Waals surface area contributed by atoms with Gasteiger partial charge in [0.25, 0.3) is 0 Å². The zero-order chi connectivity index (χ0) is 17.6. The van der Waals surface area contributed by atoms with Gasteiger partial charge in [0.05, 0.1) is 6.04 Å². The van der Waals surface area contributed by atoms with Crippen LogP contribution in [0.3, 0.4) is 0 Å². The number of amides is 2. The third-order valence-electron chi connectivity index (χ3n) is 4.62. The molecule has 0 saturated heterocycles. The number of carbonyl (C=O) groups is 2. The van der Waals surface area contributed by atoms with E-state index in [9.17, 15) is 9.59 Å². The van der Waals surface area contributed by atoms with Crippen LogP contribution in [0.5, 0.6) is 0 Å². The first-order valence-electron chi connectivity index (χ1n) is 8.87. The lowest BCUT2D eigenvalue weighted by Crippen LogP contribution is -2.44. The lowest BCUT2D eigenvalue weighted by molar-refractivity contribution is -0.146. The zero-order valence-electron chi connectivity index (χ0n) is 14.5. The molecule has 0 heterocycles. The molecular weight excluding hydrogens is 312 g/mol. The summed E-state index contributed by atoms with van der Waals surface area (Å²) < 4.78 is 0. The fourth-order valence-corrected chi connectivity index (χ4v) is 3.04. The second kappa shape index (κ2) is 7.97. The van der Waals surface area contributed by atoms with E-state index in [0.717, 1.165) is 24.0 Å². The van der Waals surface area contributed by atoms with E-state index < -0.39 is 11.8 Å². The molecule has 4 nitrogen and oxygen atoms in total. The van der Waals surface area contributed by atoms with Gasteiger partial charge in [-0.05, 0) is 36.8 Å². The molecule has 0 aromatic heterocycles. The largest absolute Gasteiger partial charge is 0.341 e. The summed E-state index contributed by atoms with van der Waals surface area (Å²) in [4.78, 5) is 26.7. The Bertz CT molecular complexity index is 711. The van der Waals surface area contributed by atoms with Gasteiger partial charge in [0, 0.05) is 13.1 Å². The molecule has 130 valence electrons. The number of hydrogen-bond acceptors (Lipinski definition) is 2. The van der Waals surface area contributed by atoms with Crippen molar-refractivity contribution in [3.63, 3.8) is 0 Å². The molecule has 0 radical (unpaired) electrons. The van der Waals surface area contributed by atoms with Gasteiger partial charge in [-0.2, -0.15) is 0 Å². The molecule has 1 aliphatic carbocycles. The van der Waals surface area contributed by atoms with Crippen molar-refractivity contribution in [3.8, 4) is 0 Å². The molecular formula is C21H24N2O2. The molecule has 2 aromatic carbocycles. The van der Waals surface area contributed by atoms with Gasteiger partial charge in [0.1, 0.15) is 0 Å². The van der Waals surface area contributed by atoms with E-state index in [-0.39, 0.29) is 6.04 Å². The van der Waals surface area contributed by atoms with Gasteiger partial charge >= 0.3 is 11.8 Å². The van der Waals surface area contributed by atoms with Crippen LogP contribution < -0.4 is 5.32 Å². The number of nitrogens with one attached hydrogen (secondary N) is 1. The highest BCUT2D eigenvalue weighted by atomic mass is 16.2. The van der Waals surface area contributed by atoms with Crippen LogP contribution in [-0.4, -0.2) is 23.3 Å². The van der Waals surface area contributed by atoms with Crippen LogP contribution in [0, 0.1) is 5.92 Å². The van der Waals surface area contributed by atoms with Crippen LogP contribution in [0.2, 0.25) is 0 Å². The molecule has 1 aliphatic rings. The van der Waals surface area contributed by atoms with E-state index in [1.807, 2.05) is 67.6 Å². The van der Waals surface area contributed by atoms with Crippen LogP contribution in [0.4, 0.5) is 0 Å². The third-order valence-corrected chi connectivity index (χ3v) is 4.62. The molecule has 2 aromatic rings. The van der Waals surface area contributed by atoms with Crippen molar-refractivity contribution in [2.45, 2.75) is 32.4 Å².